The molecule has 0 amide bonds. The van der Waals surface area contributed by atoms with Crippen LogP contribution in [0.4, 0.5) is 5.69 Å². The summed E-state index contributed by atoms with van der Waals surface area (Å²) in [5.74, 6) is -0.435. The first-order valence-corrected chi connectivity index (χ1v) is 8.08. The molecule has 8 heteroatoms. The normalized spacial score (nSPS) is 10.4. The van der Waals surface area contributed by atoms with E-state index < -0.39 is 5.97 Å². The van der Waals surface area contributed by atoms with E-state index in [1.807, 2.05) is 0 Å². The first-order chi connectivity index (χ1) is 9.51. The molecule has 0 radical (unpaired) electrons. The van der Waals surface area contributed by atoms with Crippen LogP contribution in [0.2, 0.25) is 9.49 Å². The van der Waals surface area contributed by atoms with Gasteiger partial charge in [-0.3, -0.25) is 0 Å². The third-order valence-electron chi connectivity index (χ3n) is 2.43. The number of thiazole rings is 1. The molecule has 1 N–H and O–H groups in total. The van der Waals surface area contributed by atoms with Crippen molar-refractivity contribution < 1.29 is 9.53 Å². The fourth-order valence-electron chi connectivity index (χ4n) is 1.57. The van der Waals surface area contributed by atoms with Gasteiger partial charge in [0.15, 0.2) is 4.47 Å². The summed E-state index contributed by atoms with van der Waals surface area (Å²) in [5, 5.41) is 3.69. The van der Waals surface area contributed by atoms with Gasteiger partial charge in [-0.1, -0.05) is 23.2 Å². The number of halogens is 3. The van der Waals surface area contributed by atoms with Gasteiger partial charge in [-0.15, -0.1) is 11.3 Å². The summed E-state index contributed by atoms with van der Waals surface area (Å²) >= 11 is 15.3. The van der Waals surface area contributed by atoms with E-state index in [9.17, 15) is 4.79 Å². The van der Waals surface area contributed by atoms with Gasteiger partial charge in [-0.05, 0) is 34.7 Å². The summed E-state index contributed by atoms with van der Waals surface area (Å²) in [4.78, 5) is 16.7. The second-order valence-corrected chi connectivity index (χ2v) is 7.03. The van der Waals surface area contributed by atoms with Gasteiger partial charge in [0.25, 0.3) is 0 Å². The fourth-order valence-corrected chi connectivity index (χ4v) is 3.70. The monoisotopic (exact) mass is 442 g/mol. The molecule has 2 rings (SSSR count). The average molecular weight is 443 g/mol. The maximum Gasteiger partial charge on any atom is 0.340 e. The van der Waals surface area contributed by atoms with Crippen molar-refractivity contribution in [2.75, 3.05) is 12.4 Å². The first kappa shape index (κ1) is 15.8. The molecule has 0 atom stereocenters. The maximum atomic E-state index is 11.8. The summed E-state index contributed by atoms with van der Waals surface area (Å²) in [7, 11) is 1.34. The van der Waals surface area contributed by atoms with Gasteiger partial charge in [0.2, 0.25) is 0 Å². The van der Waals surface area contributed by atoms with Crippen molar-refractivity contribution in [3.05, 3.63) is 41.8 Å². The Balaban J connectivity index is 2.27. The van der Waals surface area contributed by atoms with Crippen molar-refractivity contribution in [1.29, 1.82) is 0 Å². The van der Waals surface area contributed by atoms with Crippen LogP contribution in [0, 0.1) is 3.57 Å². The Labute approximate surface area is 143 Å². The fraction of sp³-hybridized carbons (Fsp3) is 0.167. The Morgan fingerprint density at radius 1 is 1.50 bits per heavy atom. The predicted octanol–water partition coefficient (Wildman–Crippen LogP) is 4.45. The van der Waals surface area contributed by atoms with Gasteiger partial charge >= 0.3 is 5.97 Å². The van der Waals surface area contributed by atoms with Crippen LogP contribution in [0.15, 0.2) is 18.3 Å². The van der Waals surface area contributed by atoms with Crippen LogP contribution < -0.4 is 5.32 Å². The van der Waals surface area contributed by atoms with E-state index in [-0.39, 0.29) is 0 Å². The number of aromatic nitrogens is 1. The van der Waals surface area contributed by atoms with E-state index in [1.165, 1.54) is 18.4 Å². The van der Waals surface area contributed by atoms with Crippen LogP contribution in [-0.2, 0) is 11.3 Å². The highest BCUT2D eigenvalue weighted by Gasteiger charge is 2.16. The Bertz CT molecular complexity index is 648. The molecule has 0 spiro atoms. The van der Waals surface area contributed by atoms with Gasteiger partial charge in [-0.25, -0.2) is 9.78 Å². The van der Waals surface area contributed by atoms with Gasteiger partial charge < -0.3 is 10.1 Å². The second kappa shape index (κ2) is 6.93. The molecular formula is C12H9Cl2IN2O2S. The number of nitrogens with zero attached hydrogens (tertiary/aromatic N) is 1. The summed E-state index contributed by atoms with van der Waals surface area (Å²) in [5.41, 5.74) is 1.09. The number of methoxy groups -OCH3 is 1. The number of rotatable bonds is 4. The number of anilines is 1. The zero-order chi connectivity index (χ0) is 14.7. The molecule has 106 valence electrons. The SMILES string of the molecule is COC(=O)c1cc(Cl)cc(I)c1NCc1cnc(Cl)s1. The molecule has 0 unspecified atom stereocenters. The highest BCUT2D eigenvalue weighted by atomic mass is 127. The molecule has 20 heavy (non-hydrogen) atoms. The zero-order valence-corrected chi connectivity index (χ0v) is 14.7. The molecule has 0 aliphatic carbocycles. The summed E-state index contributed by atoms with van der Waals surface area (Å²) in [6.07, 6.45) is 1.70. The van der Waals surface area contributed by atoms with E-state index >= 15 is 0 Å². The number of carbonyl (C=O) groups is 1. The predicted molar refractivity (Wildman–Crippen MR) is 90.0 cm³/mol. The minimum Gasteiger partial charge on any atom is -0.465 e. The lowest BCUT2D eigenvalue weighted by atomic mass is 10.2. The largest absolute Gasteiger partial charge is 0.465 e. The van der Waals surface area contributed by atoms with Crippen LogP contribution in [-0.4, -0.2) is 18.1 Å². The van der Waals surface area contributed by atoms with E-state index in [0.29, 0.717) is 27.3 Å². The van der Waals surface area contributed by atoms with Crippen LogP contribution >= 0.6 is 57.1 Å². The third-order valence-corrected chi connectivity index (χ3v) is 4.61. The highest BCUT2D eigenvalue weighted by molar-refractivity contribution is 14.1. The molecule has 2 aromatic rings. The lowest BCUT2D eigenvalue weighted by molar-refractivity contribution is 0.0601. The highest BCUT2D eigenvalue weighted by Crippen LogP contribution is 2.29. The Morgan fingerprint density at radius 3 is 2.85 bits per heavy atom. The molecule has 1 aromatic heterocycles. The number of hydrogen-bond acceptors (Lipinski definition) is 5. The van der Waals surface area contributed by atoms with E-state index in [1.54, 1.807) is 18.3 Å². The molecule has 1 aromatic carbocycles. The van der Waals surface area contributed by atoms with Crippen molar-refractivity contribution in [1.82, 2.24) is 4.98 Å². The van der Waals surface area contributed by atoms with Crippen LogP contribution in [0.5, 0.6) is 0 Å². The summed E-state index contributed by atoms with van der Waals surface area (Å²) in [6.45, 7) is 0.520. The van der Waals surface area contributed by atoms with Gasteiger partial charge in [0.05, 0.1) is 24.9 Å². The van der Waals surface area contributed by atoms with Crippen molar-refractivity contribution in [3.8, 4) is 0 Å². The van der Waals surface area contributed by atoms with Gasteiger partial charge in [0, 0.05) is 19.7 Å². The smallest absolute Gasteiger partial charge is 0.340 e. The average Bonchev–Trinajstić information content (AvgIpc) is 2.81. The lowest BCUT2D eigenvalue weighted by Crippen LogP contribution is -2.09. The second-order valence-electron chi connectivity index (χ2n) is 3.73. The molecular weight excluding hydrogens is 434 g/mol. The number of benzene rings is 1. The van der Waals surface area contributed by atoms with Crippen molar-refractivity contribution >= 4 is 68.8 Å². The number of hydrogen-bond donors (Lipinski definition) is 1. The Morgan fingerprint density at radius 2 is 2.25 bits per heavy atom. The number of ether oxygens (including phenoxy) is 1. The van der Waals surface area contributed by atoms with Crippen molar-refractivity contribution in [2.24, 2.45) is 0 Å². The van der Waals surface area contributed by atoms with Crippen LogP contribution in [0.3, 0.4) is 0 Å². The van der Waals surface area contributed by atoms with Crippen LogP contribution in [0.25, 0.3) is 0 Å². The molecule has 0 fully saturated rings. The quantitative estimate of drug-likeness (QED) is 0.561. The van der Waals surface area contributed by atoms with E-state index in [4.69, 9.17) is 27.9 Å². The molecule has 0 saturated carbocycles. The topological polar surface area (TPSA) is 51.2 Å². The maximum absolute atomic E-state index is 11.8. The standard InChI is InChI=1S/C12H9Cl2IN2O2S/c1-19-11(18)8-2-6(13)3-9(15)10(8)16-4-7-5-17-12(14)20-7/h2-3,5,16H,4H2,1H3. The Kier molecular flexibility index (Phi) is 5.48. The van der Waals surface area contributed by atoms with Crippen LogP contribution in [0.1, 0.15) is 15.2 Å². The molecule has 1 heterocycles. The molecule has 0 aliphatic heterocycles. The molecule has 0 bridgehead atoms. The lowest BCUT2D eigenvalue weighted by Gasteiger charge is -2.12. The van der Waals surface area contributed by atoms with E-state index in [0.717, 1.165) is 8.45 Å². The Hall–Kier alpha value is -0.570. The third kappa shape index (κ3) is 3.75. The first-order valence-electron chi connectivity index (χ1n) is 5.42. The van der Waals surface area contributed by atoms with E-state index in [2.05, 4.69) is 32.9 Å². The number of carbonyl (C=O) groups excluding carboxylic acids is 1. The number of esters is 1. The van der Waals surface area contributed by atoms with Crippen molar-refractivity contribution in [2.45, 2.75) is 6.54 Å². The molecule has 0 aliphatic rings. The van der Waals surface area contributed by atoms with Crippen molar-refractivity contribution in [3.63, 3.8) is 0 Å². The summed E-state index contributed by atoms with van der Waals surface area (Å²) < 4.78 is 6.10. The number of nitrogens with one attached hydrogen (secondary N) is 1. The minimum atomic E-state index is -0.435. The molecule has 0 saturated heterocycles. The summed E-state index contributed by atoms with van der Waals surface area (Å²) in [6, 6.07) is 3.36. The van der Waals surface area contributed by atoms with Gasteiger partial charge in [-0.2, -0.15) is 0 Å². The zero-order valence-electron chi connectivity index (χ0n) is 10.2. The molecule has 4 nitrogen and oxygen atoms in total. The van der Waals surface area contributed by atoms with Gasteiger partial charge in [0.1, 0.15) is 0 Å². The minimum absolute atomic E-state index is 0.403.